The Bertz CT molecular complexity index is 646. The molecule has 1 rings (SSSR count). The second-order valence-corrected chi connectivity index (χ2v) is 7.93. The standard InChI is InChI=1S/C19H28N2O4/c1-12(2)15(22)20-14-9-7-13(8-10-14)16(23)21-19(5,6)11-18(3,4)17(24)25/h7-10,12H,11H2,1-6H3,(H,20,22)(H,21,23)(H,24,25). The molecule has 25 heavy (non-hydrogen) atoms. The normalized spacial score (nSPS) is 12.0. The number of hydrogen-bond acceptors (Lipinski definition) is 3. The van der Waals surface area contributed by atoms with E-state index in [1.54, 1.807) is 65.8 Å². The molecule has 6 nitrogen and oxygen atoms in total. The monoisotopic (exact) mass is 348 g/mol. The van der Waals surface area contributed by atoms with Crippen molar-refractivity contribution >= 4 is 23.5 Å². The molecule has 138 valence electrons. The van der Waals surface area contributed by atoms with Gasteiger partial charge in [-0.15, -0.1) is 0 Å². The number of carboxylic acids is 1. The van der Waals surface area contributed by atoms with Gasteiger partial charge in [0.25, 0.3) is 5.91 Å². The number of amides is 2. The topological polar surface area (TPSA) is 95.5 Å². The Morgan fingerprint density at radius 3 is 2.00 bits per heavy atom. The molecule has 0 fully saturated rings. The van der Waals surface area contributed by atoms with Gasteiger partial charge in [0.2, 0.25) is 5.91 Å². The van der Waals surface area contributed by atoms with E-state index in [4.69, 9.17) is 0 Å². The summed E-state index contributed by atoms with van der Waals surface area (Å²) in [5.41, 5.74) is -0.545. The molecule has 0 saturated heterocycles. The van der Waals surface area contributed by atoms with Crippen molar-refractivity contribution in [2.75, 3.05) is 5.32 Å². The highest BCUT2D eigenvalue weighted by molar-refractivity contribution is 5.96. The van der Waals surface area contributed by atoms with Crippen LogP contribution >= 0.6 is 0 Å². The lowest BCUT2D eigenvalue weighted by Gasteiger charge is -2.33. The number of hydrogen-bond donors (Lipinski definition) is 3. The van der Waals surface area contributed by atoms with E-state index >= 15 is 0 Å². The molecule has 0 atom stereocenters. The summed E-state index contributed by atoms with van der Waals surface area (Å²) in [7, 11) is 0. The van der Waals surface area contributed by atoms with E-state index in [-0.39, 0.29) is 17.7 Å². The number of nitrogens with one attached hydrogen (secondary N) is 2. The third-order valence-electron chi connectivity index (χ3n) is 3.85. The Kier molecular flexibility index (Phi) is 6.35. The largest absolute Gasteiger partial charge is 0.481 e. The minimum atomic E-state index is -0.943. The zero-order valence-electron chi connectivity index (χ0n) is 15.8. The predicted octanol–water partition coefficient (Wildman–Crippen LogP) is 3.29. The highest BCUT2D eigenvalue weighted by Crippen LogP contribution is 2.28. The van der Waals surface area contributed by atoms with Crippen LogP contribution in [-0.2, 0) is 9.59 Å². The minimum absolute atomic E-state index is 0.0887. The summed E-state index contributed by atoms with van der Waals surface area (Å²) in [6.07, 6.45) is 0.295. The zero-order valence-corrected chi connectivity index (χ0v) is 15.8. The number of rotatable bonds is 7. The smallest absolute Gasteiger partial charge is 0.309 e. The van der Waals surface area contributed by atoms with Gasteiger partial charge >= 0.3 is 5.97 Å². The molecule has 0 aromatic heterocycles. The van der Waals surface area contributed by atoms with E-state index in [2.05, 4.69) is 10.6 Å². The van der Waals surface area contributed by atoms with E-state index < -0.39 is 16.9 Å². The zero-order chi connectivity index (χ0) is 19.4. The molecule has 0 bridgehead atoms. The van der Waals surface area contributed by atoms with Crippen LogP contribution in [0.3, 0.4) is 0 Å². The maximum atomic E-state index is 12.4. The van der Waals surface area contributed by atoms with Gasteiger partial charge in [-0.05, 0) is 58.4 Å². The average Bonchev–Trinajstić information content (AvgIpc) is 2.45. The average molecular weight is 348 g/mol. The second kappa shape index (κ2) is 7.68. The summed E-state index contributed by atoms with van der Waals surface area (Å²) in [5.74, 6) is -1.40. The van der Waals surface area contributed by atoms with Gasteiger partial charge in [0.05, 0.1) is 5.41 Å². The molecule has 0 aliphatic heterocycles. The fraction of sp³-hybridized carbons (Fsp3) is 0.526. The summed E-state index contributed by atoms with van der Waals surface area (Å²) in [6, 6.07) is 6.60. The first-order valence-electron chi connectivity index (χ1n) is 8.31. The van der Waals surface area contributed by atoms with Crippen LogP contribution in [0.25, 0.3) is 0 Å². The van der Waals surface area contributed by atoms with Gasteiger partial charge in [-0.2, -0.15) is 0 Å². The van der Waals surface area contributed by atoms with Gasteiger partial charge in [-0.25, -0.2) is 0 Å². The number of anilines is 1. The lowest BCUT2D eigenvalue weighted by molar-refractivity contribution is -0.148. The van der Waals surface area contributed by atoms with E-state index in [0.29, 0.717) is 17.7 Å². The minimum Gasteiger partial charge on any atom is -0.481 e. The van der Waals surface area contributed by atoms with Crippen LogP contribution in [0.4, 0.5) is 5.69 Å². The van der Waals surface area contributed by atoms with Crippen LogP contribution < -0.4 is 10.6 Å². The molecule has 1 aromatic carbocycles. The van der Waals surface area contributed by atoms with Crippen molar-refractivity contribution in [2.45, 2.75) is 53.5 Å². The van der Waals surface area contributed by atoms with Gasteiger partial charge in [-0.1, -0.05) is 13.8 Å². The van der Waals surface area contributed by atoms with Crippen LogP contribution in [-0.4, -0.2) is 28.4 Å². The molecule has 0 aliphatic rings. The maximum absolute atomic E-state index is 12.4. The fourth-order valence-electron chi connectivity index (χ4n) is 2.60. The maximum Gasteiger partial charge on any atom is 0.309 e. The first-order valence-corrected chi connectivity index (χ1v) is 8.31. The summed E-state index contributed by atoms with van der Waals surface area (Å²) in [4.78, 5) is 35.4. The molecule has 1 aromatic rings. The molecule has 2 amide bonds. The molecule has 0 unspecified atom stereocenters. The first kappa shape index (κ1) is 20.7. The number of aliphatic carboxylic acids is 1. The number of benzene rings is 1. The van der Waals surface area contributed by atoms with Crippen molar-refractivity contribution in [3.8, 4) is 0 Å². The molecule has 3 N–H and O–H groups in total. The quantitative estimate of drug-likeness (QED) is 0.704. The van der Waals surface area contributed by atoms with Crippen molar-refractivity contribution in [3.63, 3.8) is 0 Å². The molecule has 0 spiro atoms. The van der Waals surface area contributed by atoms with E-state index in [9.17, 15) is 19.5 Å². The lowest BCUT2D eigenvalue weighted by atomic mass is 9.80. The Morgan fingerprint density at radius 1 is 1.04 bits per heavy atom. The summed E-state index contributed by atoms with van der Waals surface area (Å²) in [6.45, 7) is 10.5. The fourth-order valence-corrected chi connectivity index (χ4v) is 2.60. The molecule has 0 aliphatic carbocycles. The van der Waals surface area contributed by atoms with E-state index in [1.165, 1.54) is 0 Å². The Balaban J connectivity index is 2.77. The van der Waals surface area contributed by atoms with Crippen molar-refractivity contribution in [2.24, 2.45) is 11.3 Å². The van der Waals surface area contributed by atoms with Crippen molar-refractivity contribution in [1.29, 1.82) is 0 Å². The Morgan fingerprint density at radius 2 is 1.56 bits per heavy atom. The Labute approximate surface area is 149 Å². The van der Waals surface area contributed by atoms with Gasteiger partial charge in [0, 0.05) is 22.7 Å². The van der Waals surface area contributed by atoms with Crippen molar-refractivity contribution < 1.29 is 19.5 Å². The van der Waals surface area contributed by atoms with Crippen LogP contribution in [0.15, 0.2) is 24.3 Å². The highest BCUT2D eigenvalue weighted by atomic mass is 16.4. The predicted molar refractivity (Wildman–Crippen MR) is 97.5 cm³/mol. The van der Waals surface area contributed by atoms with Crippen LogP contribution in [0.1, 0.15) is 58.3 Å². The summed E-state index contributed by atoms with van der Waals surface area (Å²) >= 11 is 0. The first-order chi connectivity index (χ1) is 11.3. The van der Waals surface area contributed by atoms with Gasteiger partial charge < -0.3 is 15.7 Å². The van der Waals surface area contributed by atoms with E-state index in [0.717, 1.165) is 0 Å². The second-order valence-electron chi connectivity index (χ2n) is 7.93. The molecular weight excluding hydrogens is 320 g/mol. The van der Waals surface area contributed by atoms with Crippen LogP contribution in [0, 0.1) is 11.3 Å². The van der Waals surface area contributed by atoms with E-state index in [1.807, 2.05) is 0 Å². The van der Waals surface area contributed by atoms with Crippen molar-refractivity contribution in [3.05, 3.63) is 29.8 Å². The summed E-state index contributed by atoms with van der Waals surface area (Å²) < 4.78 is 0. The third kappa shape index (κ3) is 6.21. The number of carboxylic acid groups (broad SMARTS) is 1. The van der Waals surface area contributed by atoms with Gasteiger partial charge in [0.15, 0.2) is 0 Å². The van der Waals surface area contributed by atoms with Gasteiger partial charge in [0.1, 0.15) is 0 Å². The van der Waals surface area contributed by atoms with Gasteiger partial charge in [-0.3, -0.25) is 14.4 Å². The third-order valence-corrected chi connectivity index (χ3v) is 3.85. The number of carbonyl (C=O) groups excluding carboxylic acids is 2. The SMILES string of the molecule is CC(C)C(=O)Nc1ccc(C(=O)NC(C)(C)CC(C)(C)C(=O)O)cc1. The highest BCUT2D eigenvalue weighted by Gasteiger charge is 2.35. The Hall–Kier alpha value is -2.37. The molecule has 6 heteroatoms. The summed E-state index contributed by atoms with van der Waals surface area (Å²) in [5, 5.41) is 14.9. The lowest BCUT2D eigenvalue weighted by Crippen LogP contribution is -2.47. The molecule has 0 saturated carbocycles. The number of carbonyl (C=O) groups is 3. The molecule has 0 radical (unpaired) electrons. The van der Waals surface area contributed by atoms with Crippen LogP contribution in [0.2, 0.25) is 0 Å². The van der Waals surface area contributed by atoms with Crippen molar-refractivity contribution in [1.82, 2.24) is 5.32 Å². The van der Waals surface area contributed by atoms with Crippen LogP contribution in [0.5, 0.6) is 0 Å². The molecule has 0 heterocycles. The molecular formula is C19H28N2O4.